The lowest BCUT2D eigenvalue weighted by molar-refractivity contribution is 0.0662. The lowest BCUT2D eigenvalue weighted by atomic mass is 10.0. The van der Waals surface area contributed by atoms with Crippen LogP contribution in [0.25, 0.3) is 0 Å². The molecular formula is C38H31FN4O6. The zero-order valence-corrected chi connectivity index (χ0v) is 25.9. The Kier molecular flexibility index (Phi) is 11.8. The first kappa shape index (κ1) is 34.9. The van der Waals surface area contributed by atoms with Gasteiger partial charge in [0.2, 0.25) is 5.76 Å². The topological polar surface area (TPSA) is 192 Å². The van der Waals surface area contributed by atoms with Crippen LogP contribution in [-0.4, -0.2) is 28.5 Å². The molecule has 11 heteroatoms. The van der Waals surface area contributed by atoms with Crippen molar-refractivity contribution < 1.29 is 33.1 Å². The van der Waals surface area contributed by atoms with E-state index < -0.39 is 17.7 Å². The second kappa shape index (κ2) is 16.5. The number of amides is 1. The molecular weight excluding hydrogens is 627 g/mol. The summed E-state index contributed by atoms with van der Waals surface area (Å²) in [5.74, 6) is -2.71. The second-order valence-electron chi connectivity index (χ2n) is 10.3. The Morgan fingerprint density at radius 2 is 1.12 bits per heavy atom. The van der Waals surface area contributed by atoms with Crippen LogP contribution in [0.15, 0.2) is 144 Å². The third-order valence-corrected chi connectivity index (χ3v) is 6.78. The molecule has 6 aromatic rings. The highest BCUT2D eigenvalue weighted by Crippen LogP contribution is 2.24. The average Bonchev–Trinajstić information content (AvgIpc) is 3.67. The summed E-state index contributed by atoms with van der Waals surface area (Å²) in [6.07, 6.45) is 1.32. The van der Waals surface area contributed by atoms with Crippen molar-refractivity contribution >= 4 is 46.2 Å². The molecule has 0 aliphatic heterocycles. The van der Waals surface area contributed by atoms with Crippen LogP contribution in [0.5, 0.6) is 0 Å². The lowest BCUT2D eigenvalue weighted by Gasteiger charge is -2.12. The van der Waals surface area contributed by atoms with E-state index in [1.807, 2.05) is 18.2 Å². The molecule has 0 saturated heterocycles. The Morgan fingerprint density at radius 3 is 1.65 bits per heavy atom. The maximum Gasteiger partial charge on any atom is 0.371 e. The van der Waals surface area contributed by atoms with Gasteiger partial charge in [0, 0.05) is 39.3 Å². The smallest absolute Gasteiger partial charge is 0.371 e. The molecule has 10 nitrogen and oxygen atoms in total. The first-order valence-corrected chi connectivity index (χ1v) is 14.6. The number of benzene rings is 5. The number of carboxylic acids is 1. The molecule has 0 aliphatic rings. The molecule has 0 spiro atoms. The van der Waals surface area contributed by atoms with Crippen LogP contribution in [0, 0.1) is 5.82 Å². The zero-order chi connectivity index (χ0) is 35.3. The fraction of sp³-hybridized carbons (Fsp3) is 0. The number of carbonyl (C=O) groups is 4. The van der Waals surface area contributed by atoms with Crippen molar-refractivity contribution in [3.63, 3.8) is 0 Å². The van der Waals surface area contributed by atoms with Gasteiger partial charge in [0.15, 0.2) is 11.6 Å². The van der Waals surface area contributed by atoms with Gasteiger partial charge in [0.1, 0.15) is 5.82 Å². The van der Waals surface area contributed by atoms with Gasteiger partial charge in [0.25, 0.3) is 5.91 Å². The molecule has 1 amide bonds. The molecule has 49 heavy (non-hydrogen) atoms. The van der Waals surface area contributed by atoms with Gasteiger partial charge in [-0.25, -0.2) is 9.18 Å². The highest BCUT2D eigenvalue weighted by Gasteiger charge is 2.18. The number of furan rings is 1. The predicted molar refractivity (Wildman–Crippen MR) is 186 cm³/mol. The molecule has 8 N–H and O–H groups in total. The largest absolute Gasteiger partial charge is 0.475 e. The Labute approximate surface area is 280 Å². The van der Waals surface area contributed by atoms with Gasteiger partial charge < -0.3 is 32.0 Å². The Morgan fingerprint density at radius 1 is 0.592 bits per heavy atom. The van der Waals surface area contributed by atoms with Gasteiger partial charge in [-0.3, -0.25) is 14.4 Å². The normalized spacial score (nSPS) is 9.98. The van der Waals surface area contributed by atoms with Crippen LogP contribution in [0.4, 0.5) is 27.1 Å². The van der Waals surface area contributed by atoms with Crippen molar-refractivity contribution in [2.75, 3.05) is 22.5 Å². The van der Waals surface area contributed by atoms with E-state index in [0.29, 0.717) is 33.8 Å². The molecule has 1 heterocycles. The first-order chi connectivity index (χ1) is 23.5. The fourth-order valence-electron chi connectivity index (χ4n) is 4.35. The van der Waals surface area contributed by atoms with E-state index in [1.54, 1.807) is 72.8 Å². The number of halogens is 1. The predicted octanol–water partition coefficient (Wildman–Crippen LogP) is 6.95. The van der Waals surface area contributed by atoms with Crippen LogP contribution in [0.2, 0.25) is 0 Å². The molecule has 0 unspecified atom stereocenters. The lowest BCUT2D eigenvalue weighted by Crippen LogP contribution is -2.16. The van der Waals surface area contributed by atoms with Gasteiger partial charge in [-0.1, -0.05) is 72.8 Å². The average molecular weight is 659 g/mol. The van der Waals surface area contributed by atoms with Crippen molar-refractivity contribution in [1.82, 2.24) is 0 Å². The number of rotatable bonds is 7. The summed E-state index contributed by atoms with van der Waals surface area (Å²) in [5.41, 5.74) is 20.5. The van der Waals surface area contributed by atoms with Crippen molar-refractivity contribution in [3.8, 4) is 0 Å². The van der Waals surface area contributed by atoms with Gasteiger partial charge in [-0.2, -0.15) is 0 Å². The molecule has 0 radical (unpaired) electrons. The molecule has 0 saturated carbocycles. The number of nitrogens with one attached hydrogen (secondary N) is 1. The van der Waals surface area contributed by atoms with Crippen molar-refractivity contribution in [2.24, 2.45) is 0 Å². The van der Waals surface area contributed by atoms with Gasteiger partial charge >= 0.3 is 5.97 Å². The number of ketones is 2. The maximum absolute atomic E-state index is 13.8. The van der Waals surface area contributed by atoms with E-state index in [2.05, 4.69) is 9.73 Å². The van der Waals surface area contributed by atoms with Gasteiger partial charge in [-0.15, -0.1) is 0 Å². The number of nitrogen functional groups attached to an aromatic ring is 3. The Hall–Kier alpha value is -7.01. The zero-order valence-electron chi connectivity index (χ0n) is 25.9. The number of hydrogen-bond donors (Lipinski definition) is 5. The molecule has 0 fully saturated rings. The molecule has 1 aromatic heterocycles. The summed E-state index contributed by atoms with van der Waals surface area (Å²) in [5, 5.41) is 10.8. The summed E-state index contributed by atoms with van der Waals surface area (Å²) < 4.78 is 18.3. The highest BCUT2D eigenvalue weighted by atomic mass is 19.1. The van der Waals surface area contributed by atoms with E-state index in [4.69, 9.17) is 22.3 Å². The number of anilines is 4. The van der Waals surface area contributed by atoms with Crippen LogP contribution in [-0.2, 0) is 0 Å². The maximum atomic E-state index is 13.8. The molecule has 0 bridgehead atoms. The molecule has 0 atom stereocenters. The number of carbonyl (C=O) groups excluding carboxylic acids is 3. The molecule has 6 rings (SSSR count). The van der Waals surface area contributed by atoms with Gasteiger partial charge in [-0.05, 0) is 60.7 Å². The first-order valence-electron chi connectivity index (χ1n) is 14.6. The summed E-state index contributed by atoms with van der Waals surface area (Å²) in [6, 6.07) is 35.7. The van der Waals surface area contributed by atoms with Gasteiger partial charge in [0.05, 0.1) is 17.5 Å². The Balaban J connectivity index is 0.000000191. The third kappa shape index (κ3) is 9.50. The van der Waals surface area contributed by atoms with Crippen LogP contribution in [0.1, 0.15) is 52.8 Å². The highest BCUT2D eigenvalue weighted by molar-refractivity contribution is 6.16. The summed E-state index contributed by atoms with van der Waals surface area (Å²) in [4.78, 5) is 47.1. The number of carboxylic acid groups (broad SMARTS) is 1. The molecule has 0 aliphatic carbocycles. The monoisotopic (exact) mass is 658 g/mol. The molecule has 5 aromatic carbocycles. The van der Waals surface area contributed by atoms with E-state index in [0.717, 1.165) is 0 Å². The fourth-order valence-corrected chi connectivity index (χ4v) is 4.35. The van der Waals surface area contributed by atoms with E-state index >= 15 is 0 Å². The van der Waals surface area contributed by atoms with Crippen molar-refractivity contribution in [2.45, 2.75) is 0 Å². The van der Waals surface area contributed by atoms with Crippen molar-refractivity contribution in [1.29, 1.82) is 0 Å². The minimum Gasteiger partial charge on any atom is -0.475 e. The second-order valence-corrected chi connectivity index (χ2v) is 10.3. The van der Waals surface area contributed by atoms with E-state index in [-0.39, 0.29) is 34.1 Å². The quantitative estimate of drug-likeness (QED) is 0.0892. The van der Waals surface area contributed by atoms with Crippen LogP contribution < -0.4 is 22.5 Å². The third-order valence-electron chi connectivity index (χ3n) is 6.78. The summed E-state index contributed by atoms with van der Waals surface area (Å²) >= 11 is 0. The van der Waals surface area contributed by atoms with Crippen LogP contribution in [0.3, 0.4) is 0 Å². The summed E-state index contributed by atoms with van der Waals surface area (Å²) in [7, 11) is 0. The van der Waals surface area contributed by atoms with Crippen LogP contribution >= 0.6 is 0 Å². The van der Waals surface area contributed by atoms with E-state index in [1.165, 1.54) is 48.7 Å². The standard InChI is InChI=1S/C20H15FN2O2.C13H12N2O.C5H4O3/c21-17-9-5-4-8-15(17)20(25)23-18-11-10-14(22)12-16(18)19(24)13-6-2-1-3-7-13;14-10-6-7-12(15)11(8-10)13(16)9-4-2-1-3-5-9;6-5(7)4-2-1-3-8-4/h1-12H,22H2,(H,23,25);1-8H,14-15H2;1-3H,(H,6,7). The number of aromatic carboxylic acids is 1. The minimum absolute atomic E-state index is 0.0231. The minimum atomic E-state index is -1.03. The number of nitrogens with two attached hydrogens (primary N) is 3. The molecule has 246 valence electrons. The van der Waals surface area contributed by atoms with E-state index in [9.17, 15) is 23.6 Å². The summed E-state index contributed by atoms with van der Waals surface area (Å²) in [6.45, 7) is 0. The Bertz CT molecular complexity index is 2070. The SMILES string of the molecule is Nc1ccc(N)c(C(=O)c2ccccc2)c1.Nc1ccc(NC(=O)c2ccccc2F)c(C(=O)c2ccccc2)c1.O=C(O)c1ccco1. The number of hydrogen-bond acceptors (Lipinski definition) is 8. The van der Waals surface area contributed by atoms with Crippen molar-refractivity contribution in [3.05, 3.63) is 179 Å².